The van der Waals surface area contributed by atoms with Gasteiger partial charge in [0.2, 0.25) is 29.5 Å². The highest BCUT2D eigenvalue weighted by Crippen LogP contribution is 2.40. The minimum Gasteiger partial charge on any atom is -0.394 e. The Labute approximate surface area is 651 Å². The minimum atomic E-state index is -2.60. The summed E-state index contributed by atoms with van der Waals surface area (Å²) in [5.74, 6) is -4.40. The van der Waals surface area contributed by atoms with Crippen LogP contribution in [0.3, 0.4) is 0 Å². The van der Waals surface area contributed by atoms with E-state index in [0.717, 1.165) is 34.6 Å². The maximum absolute atomic E-state index is 13.1. The summed E-state index contributed by atoms with van der Waals surface area (Å²) in [4.78, 5) is 63.2. The zero-order valence-corrected chi connectivity index (χ0v) is 62.1. The molecule has 29 N–H and O–H groups in total. The molecule has 115 heavy (non-hydrogen) atoms. The van der Waals surface area contributed by atoms with Crippen LogP contribution in [0.2, 0.25) is 0 Å². The Hall–Kier alpha value is -4.29. The predicted molar refractivity (Wildman–Crippen MR) is 355 cm³/mol. The molecule has 51 nitrogen and oxygen atoms in total. The number of aliphatic hydroxyl groups is 24. The number of aliphatic hydroxyl groups excluding tert-OH is 24. The number of rotatable bonds is 30. The van der Waals surface area contributed by atoms with E-state index in [-0.39, 0.29) is 0 Å². The highest BCUT2D eigenvalue weighted by molar-refractivity contribution is 5.75. The Morgan fingerprint density at radius 2 is 0.487 bits per heavy atom. The molecular formula is C64H107N5O46. The standard InChI is InChI=1S/C64H107N5O46/c1-15(77)65-29-42(90)50(24(10-74)101-56(29)98)110-59-32(68-18(4)80)43(91)52(26(12-76)106-59)112-62-49(97)53(113-64-55(46(94)37(85)23(9-73)105-64)115-60-33(69-19(5)81)44(92)51(25(11-75)107-60)111-61-48(96)45(93)36(84)22(8-72)104-61)39(87)28(108-62)14-100-63-54(114-58-31(67-17(3)79)41(89)35(83)21(7-71)103-58)47(95)38(86)27(109-63)13-99-57-30(66-16(2)78)40(88)34(82)20(6-70)102-57/h20-64,70-76,82-98H,6-14H2,1-5H3,(H,65,77)(H,66,78)(H,67,79)(H,68,80)(H,69,81)/t20-,21-,22-,23-,24-,25-,26-,27-,28-,29-,30-,31-,32-,33-,34-,35-,36+,37-,38-,39-,40-,41-,42-,43-,44-,45+,46+,47+,48-,49+,50-,51-,52-,53+,54+,55+,56-,57-,58+,59+,60+,61+,62+,63-,64+/m1/s1. The summed E-state index contributed by atoms with van der Waals surface area (Å²) in [5, 5.41) is 280. The fraction of sp³-hybridized carbons (Fsp3) is 0.922. The molecule has 664 valence electrons. The third-order valence-corrected chi connectivity index (χ3v) is 20.7. The van der Waals surface area contributed by atoms with E-state index < -0.39 is 365 Å². The highest BCUT2D eigenvalue weighted by Gasteiger charge is 2.61. The molecule has 0 radical (unpaired) electrons. The number of carbonyl (C=O) groups is 5. The van der Waals surface area contributed by atoms with Crippen LogP contribution in [0.15, 0.2) is 0 Å². The van der Waals surface area contributed by atoms with Crippen molar-refractivity contribution in [3.63, 3.8) is 0 Å². The van der Waals surface area contributed by atoms with Crippen molar-refractivity contribution in [3.8, 4) is 0 Å². The van der Waals surface area contributed by atoms with Gasteiger partial charge < -0.3 is 230 Å². The molecule has 0 aromatic carbocycles. The van der Waals surface area contributed by atoms with Crippen LogP contribution in [0, 0.1) is 0 Å². The second-order valence-corrected chi connectivity index (χ2v) is 28.9. The van der Waals surface area contributed by atoms with Crippen LogP contribution in [0.1, 0.15) is 34.6 Å². The molecule has 0 aromatic rings. The van der Waals surface area contributed by atoms with Gasteiger partial charge in [0.1, 0.15) is 219 Å². The van der Waals surface area contributed by atoms with Gasteiger partial charge in [0.15, 0.2) is 56.6 Å². The maximum Gasteiger partial charge on any atom is 0.217 e. The predicted octanol–water partition coefficient (Wildman–Crippen LogP) is -19.9. The molecule has 9 aliphatic rings. The van der Waals surface area contributed by atoms with E-state index in [0.29, 0.717) is 0 Å². The second kappa shape index (κ2) is 41.5. The Morgan fingerprint density at radius 1 is 0.226 bits per heavy atom. The van der Waals surface area contributed by atoms with Crippen molar-refractivity contribution >= 4 is 29.5 Å². The molecule has 0 saturated carbocycles. The van der Waals surface area contributed by atoms with Crippen molar-refractivity contribution in [2.75, 3.05) is 59.5 Å². The van der Waals surface area contributed by atoms with E-state index in [9.17, 15) is 147 Å². The van der Waals surface area contributed by atoms with Gasteiger partial charge in [0.25, 0.3) is 0 Å². The molecule has 45 atom stereocenters. The Bertz CT molecular complexity index is 3100. The van der Waals surface area contributed by atoms with Crippen molar-refractivity contribution in [2.24, 2.45) is 0 Å². The summed E-state index contributed by atoms with van der Waals surface area (Å²) in [5.41, 5.74) is 0. The fourth-order valence-electron chi connectivity index (χ4n) is 14.8. The molecule has 0 aromatic heterocycles. The van der Waals surface area contributed by atoms with Crippen molar-refractivity contribution in [2.45, 2.75) is 311 Å². The molecule has 9 aliphatic heterocycles. The van der Waals surface area contributed by atoms with E-state index >= 15 is 0 Å². The lowest BCUT2D eigenvalue weighted by Gasteiger charge is -2.51. The van der Waals surface area contributed by atoms with Gasteiger partial charge in [-0.15, -0.1) is 0 Å². The summed E-state index contributed by atoms with van der Waals surface area (Å²) >= 11 is 0. The monoisotopic (exact) mass is 1680 g/mol. The number of hydrogen-bond acceptors (Lipinski definition) is 46. The van der Waals surface area contributed by atoms with Gasteiger partial charge in [-0.3, -0.25) is 24.0 Å². The Balaban J connectivity index is 1.09. The third-order valence-electron chi connectivity index (χ3n) is 20.7. The van der Waals surface area contributed by atoms with E-state index in [1.54, 1.807) is 0 Å². The number of hydrogen-bond donors (Lipinski definition) is 29. The zero-order valence-electron chi connectivity index (χ0n) is 62.1. The molecule has 9 saturated heterocycles. The average molecular weight is 1680 g/mol. The van der Waals surface area contributed by atoms with Gasteiger partial charge in [0, 0.05) is 34.6 Å². The van der Waals surface area contributed by atoms with Crippen LogP contribution in [0.4, 0.5) is 0 Å². The first kappa shape index (κ1) is 94.6. The number of nitrogens with one attached hydrogen (secondary N) is 5. The van der Waals surface area contributed by atoms with Crippen molar-refractivity contribution in [1.82, 2.24) is 26.6 Å². The quantitative estimate of drug-likeness (QED) is 0.0318. The molecular weight excluding hydrogens is 1570 g/mol. The lowest BCUT2D eigenvalue weighted by Crippen LogP contribution is -2.71. The van der Waals surface area contributed by atoms with Crippen LogP contribution < -0.4 is 26.6 Å². The molecule has 0 aliphatic carbocycles. The maximum atomic E-state index is 13.1. The zero-order chi connectivity index (χ0) is 84.8. The normalized spacial score (nSPS) is 47.9. The summed E-state index contributed by atoms with van der Waals surface area (Å²) < 4.78 is 101. The fourth-order valence-corrected chi connectivity index (χ4v) is 14.8. The van der Waals surface area contributed by atoms with Gasteiger partial charge in [-0.1, -0.05) is 0 Å². The molecule has 0 spiro atoms. The minimum absolute atomic E-state index is 0.794. The van der Waals surface area contributed by atoms with E-state index in [4.69, 9.17) is 80.5 Å². The van der Waals surface area contributed by atoms with Crippen molar-refractivity contribution in [3.05, 3.63) is 0 Å². The lowest BCUT2D eigenvalue weighted by atomic mass is 9.93. The van der Waals surface area contributed by atoms with Gasteiger partial charge >= 0.3 is 0 Å². The lowest BCUT2D eigenvalue weighted by molar-refractivity contribution is -0.398. The second-order valence-electron chi connectivity index (χ2n) is 28.9. The van der Waals surface area contributed by atoms with E-state index in [1.165, 1.54) is 0 Å². The summed E-state index contributed by atoms with van der Waals surface area (Å²) in [6, 6.07) is -9.01. The van der Waals surface area contributed by atoms with Crippen LogP contribution in [0.5, 0.6) is 0 Å². The highest BCUT2D eigenvalue weighted by atomic mass is 16.8. The number of ether oxygens (including phenoxy) is 17. The number of amides is 5. The van der Waals surface area contributed by atoms with Crippen LogP contribution in [0.25, 0.3) is 0 Å². The molecule has 0 unspecified atom stereocenters. The first-order chi connectivity index (χ1) is 54.4. The van der Waals surface area contributed by atoms with Crippen molar-refractivity contribution in [1.29, 1.82) is 0 Å². The number of carbonyl (C=O) groups excluding carboxylic acids is 5. The summed E-state index contributed by atoms with van der Waals surface area (Å²) in [7, 11) is 0. The molecule has 5 amide bonds. The average Bonchev–Trinajstić information content (AvgIpc) is 0.763. The molecule has 51 heteroatoms. The largest absolute Gasteiger partial charge is 0.394 e. The summed E-state index contributed by atoms with van der Waals surface area (Å²) in [6.45, 7) is -4.87. The van der Waals surface area contributed by atoms with E-state index in [2.05, 4.69) is 26.6 Å². The molecule has 9 rings (SSSR count). The van der Waals surface area contributed by atoms with Gasteiger partial charge in [0.05, 0.1) is 59.5 Å². The Kier molecular flexibility index (Phi) is 34.1. The van der Waals surface area contributed by atoms with Crippen LogP contribution in [-0.4, -0.2) is 488 Å². The molecule has 9 fully saturated rings. The van der Waals surface area contributed by atoms with Gasteiger partial charge in [-0.2, -0.15) is 0 Å². The summed E-state index contributed by atoms with van der Waals surface area (Å²) in [6.07, 6.45) is -83.5. The van der Waals surface area contributed by atoms with Crippen LogP contribution in [-0.2, 0) is 104 Å². The SMILES string of the molecule is CC(=O)N[C@@H]1[C@@H](O)[C@H](O[C@@H]2O[C@H](CO)[C@@H](O[C@@H]3O[C@H](CO[C@@H]4O[C@H](CO[C@@H]5O[C@H](CO)[C@@H](O)[C@H](O)[C@H]5NC(C)=O)[C@@H](O)[C@H](O)[C@@H]4O[C@@H]4O[C@H](CO)[C@@H](O)[C@H](O)[C@H]4NC(C)=O)[C@@H](O)[C@H](O[C@@H]4O[C@H](CO)[C@@H](O)[C@H](O)[C@@H]4O[C@@H]4O[C@H](CO)[C@@H](O[C@@H]5O[C@H](CO)[C@H](O)[C@H](O)[C@H]5O)[C@H](O)[C@H]4NC(C)=O)[C@@H]3O)[C@H](O)[C@H]2NC(C)=O)[C@@H](CO)O[C@H]1O. The van der Waals surface area contributed by atoms with Gasteiger partial charge in [-0.25, -0.2) is 0 Å². The smallest absolute Gasteiger partial charge is 0.217 e. The first-order valence-corrected chi connectivity index (χ1v) is 36.6. The molecule has 0 bridgehead atoms. The molecule has 9 heterocycles. The van der Waals surface area contributed by atoms with Crippen LogP contribution >= 0.6 is 0 Å². The Morgan fingerprint density at radius 3 is 0.913 bits per heavy atom. The van der Waals surface area contributed by atoms with E-state index in [1.807, 2.05) is 0 Å². The van der Waals surface area contributed by atoms with Crippen molar-refractivity contribution < 1.29 is 227 Å². The third kappa shape index (κ3) is 21.4. The topological polar surface area (TPSA) is 788 Å². The first-order valence-electron chi connectivity index (χ1n) is 36.6. The van der Waals surface area contributed by atoms with Gasteiger partial charge in [-0.05, 0) is 0 Å².